The third kappa shape index (κ3) is 5.66. The van der Waals surface area contributed by atoms with Gasteiger partial charge in [-0.1, -0.05) is 63.2 Å². The van der Waals surface area contributed by atoms with Crippen molar-refractivity contribution in [2.45, 2.75) is 156 Å². The number of ether oxygens (including phenoxy) is 4. The van der Waals surface area contributed by atoms with Crippen molar-refractivity contribution < 1.29 is 59.2 Å². The van der Waals surface area contributed by atoms with Gasteiger partial charge >= 0.3 is 11.9 Å². The minimum atomic E-state index is -2.36. The summed E-state index contributed by atoms with van der Waals surface area (Å²) in [5.74, 6) is 0.621. The van der Waals surface area contributed by atoms with Gasteiger partial charge in [0.25, 0.3) is 0 Å². The molecule has 5 heterocycles. The lowest BCUT2D eigenvalue weighted by atomic mass is 9.44. The van der Waals surface area contributed by atoms with Gasteiger partial charge in [-0.05, 0) is 80.8 Å². The van der Waals surface area contributed by atoms with Crippen LogP contribution in [0.25, 0.3) is 11.3 Å². The monoisotopic (exact) mass is 857 g/mol. The molecule has 5 aliphatic carbocycles. The molecule has 3 saturated carbocycles. The molecule has 13 nitrogen and oxygen atoms in total. The number of hydrogen-bond acceptors (Lipinski definition) is 11. The van der Waals surface area contributed by atoms with E-state index in [2.05, 4.69) is 29.8 Å². The number of aliphatic hydroxyl groups excluding tert-OH is 4. The van der Waals surface area contributed by atoms with E-state index in [1.807, 2.05) is 12.2 Å². The molecule has 13 heteroatoms. The number of allylic oxidation sites excluding steroid dienone is 1. The smallest absolute Gasteiger partial charge is 0.333 e. The van der Waals surface area contributed by atoms with Crippen LogP contribution in [0.3, 0.4) is 0 Å². The fourth-order valence-electron chi connectivity index (χ4n) is 14.4. The van der Waals surface area contributed by atoms with Gasteiger partial charge in [0.1, 0.15) is 18.0 Å². The Balaban J connectivity index is 1.21. The van der Waals surface area contributed by atoms with Crippen LogP contribution in [0.15, 0.2) is 29.9 Å². The fourth-order valence-corrected chi connectivity index (χ4v) is 14.4. The van der Waals surface area contributed by atoms with Crippen molar-refractivity contribution >= 4 is 23.3 Å². The second kappa shape index (κ2) is 15.3. The van der Waals surface area contributed by atoms with Crippen LogP contribution in [0, 0.1) is 52.8 Å². The Morgan fingerprint density at radius 2 is 1.82 bits per heavy atom. The predicted molar refractivity (Wildman–Crippen MR) is 224 cm³/mol. The van der Waals surface area contributed by atoms with E-state index in [0.717, 1.165) is 41.9 Å². The zero-order valence-electron chi connectivity index (χ0n) is 35.9. The van der Waals surface area contributed by atoms with Crippen molar-refractivity contribution in [3.8, 4) is 11.8 Å². The molecule has 0 amide bonds. The highest BCUT2D eigenvalue weighted by Crippen LogP contribution is 2.72. The normalized spacial score (nSPS) is 41.9. The number of nitrogens with one attached hydrogen (secondary N) is 1. The number of aromatic nitrogens is 1. The second-order valence-electron chi connectivity index (χ2n) is 20.3. The molecule has 7 bridgehead atoms. The molecule has 0 radical (unpaired) electrons. The number of fused-ring (bicyclic) bond motifs is 8. The zero-order chi connectivity index (χ0) is 43.4. The maximum Gasteiger partial charge on any atom is 0.333 e. The topological polar surface area (TPSA) is 208 Å². The van der Waals surface area contributed by atoms with Gasteiger partial charge in [0, 0.05) is 59.1 Å². The summed E-state index contributed by atoms with van der Waals surface area (Å²) < 4.78 is 27.4. The van der Waals surface area contributed by atoms with E-state index in [1.165, 1.54) is 26.4 Å². The second-order valence-corrected chi connectivity index (χ2v) is 20.3. The van der Waals surface area contributed by atoms with E-state index in [1.54, 1.807) is 6.08 Å². The SMILES string of the molecule is COC(=O)C1=C[C@@H]2CCC=C[C@@H]([C@@H]2O[C@]23O[C@@]4(CO)[C@H](C#CC[C@H](CO)CC5=c6[nH]c([C@H](C)C7CCCCC7)cc6=C6CC[C@@]2(O)[C@@H](O)[C@@]64O5)C2(CCCC2)[C@H]3O)[C@@H]1CC(=O)O. The van der Waals surface area contributed by atoms with Crippen LogP contribution in [0.1, 0.15) is 121 Å². The molecular formula is C49H63NO12. The average molecular weight is 858 g/mol. The lowest BCUT2D eigenvalue weighted by molar-refractivity contribution is -0.510. The number of hydrogen-bond donors (Lipinski definition) is 7. The number of rotatable bonds is 9. The Morgan fingerprint density at radius 3 is 2.53 bits per heavy atom. The van der Waals surface area contributed by atoms with Gasteiger partial charge in [-0.25, -0.2) is 4.79 Å². The van der Waals surface area contributed by atoms with E-state index >= 15 is 0 Å². The summed E-state index contributed by atoms with van der Waals surface area (Å²) in [6.45, 7) is 1.40. The van der Waals surface area contributed by atoms with Crippen LogP contribution in [0.4, 0.5) is 0 Å². The van der Waals surface area contributed by atoms with Gasteiger partial charge in [-0.2, -0.15) is 0 Å². The average Bonchev–Trinajstić information content (AvgIpc) is 3.92. The predicted octanol–water partition coefficient (Wildman–Crippen LogP) is 3.20. The molecule has 62 heavy (non-hydrogen) atoms. The number of aromatic amines is 1. The summed E-state index contributed by atoms with van der Waals surface area (Å²) in [6, 6.07) is 2.17. The maximum atomic E-state index is 13.7. The third-order valence-corrected chi connectivity index (χ3v) is 17.5. The van der Waals surface area contributed by atoms with Gasteiger partial charge in [0.2, 0.25) is 5.79 Å². The molecule has 336 valence electrons. The lowest BCUT2D eigenvalue weighted by Gasteiger charge is -2.75. The lowest BCUT2D eigenvalue weighted by Crippen LogP contribution is -2.93. The summed E-state index contributed by atoms with van der Waals surface area (Å²) in [5.41, 5.74) is -5.26. The summed E-state index contributed by atoms with van der Waals surface area (Å²) in [4.78, 5) is 29.5. The number of aliphatic carboxylic acids is 1. The van der Waals surface area contributed by atoms with Crippen LogP contribution in [-0.2, 0) is 28.5 Å². The molecule has 1 aromatic rings. The molecular weight excluding hydrogens is 795 g/mol. The van der Waals surface area contributed by atoms with E-state index in [4.69, 9.17) is 18.9 Å². The number of carbonyl (C=O) groups is 2. The summed E-state index contributed by atoms with van der Waals surface area (Å²) >= 11 is 0. The summed E-state index contributed by atoms with van der Waals surface area (Å²) in [7, 11) is 1.26. The highest BCUT2D eigenvalue weighted by molar-refractivity contribution is 5.90. The number of carboxylic acid groups (broad SMARTS) is 1. The van der Waals surface area contributed by atoms with Crippen LogP contribution in [0.2, 0.25) is 0 Å². The van der Waals surface area contributed by atoms with Gasteiger partial charge in [-0.3, -0.25) is 4.79 Å². The first-order chi connectivity index (χ1) is 29.8. The maximum absolute atomic E-state index is 13.7. The fraction of sp³-hybridized carbons (Fsp3) is 0.714. The molecule has 2 spiro atoms. The molecule has 5 fully saturated rings. The Labute approximate surface area is 362 Å². The van der Waals surface area contributed by atoms with Crippen LogP contribution in [-0.4, -0.2) is 109 Å². The van der Waals surface area contributed by atoms with Crippen LogP contribution < -0.4 is 10.6 Å². The van der Waals surface area contributed by atoms with Crippen molar-refractivity contribution in [2.75, 3.05) is 20.3 Å². The number of aliphatic hydroxyl groups is 5. The third-order valence-electron chi connectivity index (χ3n) is 17.5. The highest BCUT2D eigenvalue weighted by atomic mass is 16.8. The number of carbonyl (C=O) groups excluding carboxylic acids is 1. The van der Waals surface area contributed by atoms with Crippen molar-refractivity contribution in [3.05, 3.63) is 46.1 Å². The molecule has 9 aliphatic rings. The van der Waals surface area contributed by atoms with Crippen molar-refractivity contribution in [3.63, 3.8) is 0 Å². The Hall–Kier alpha value is -3.48. The minimum absolute atomic E-state index is 0.0912. The minimum Gasteiger partial charge on any atom is -0.481 e. The quantitative estimate of drug-likeness (QED) is 0.109. The molecule has 4 aliphatic heterocycles. The van der Waals surface area contributed by atoms with E-state index in [-0.39, 0.29) is 43.3 Å². The highest BCUT2D eigenvalue weighted by Gasteiger charge is 2.88. The first-order valence-electron chi connectivity index (χ1n) is 23.3. The van der Waals surface area contributed by atoms with Crippen LogP contribution in [0.5, 0.6) is 0 Å². The van der Waals surface area contributed by atoms with E-state index in [9.17, 15) is 40.2 Å². The van der Waals surface area contributed by atoms with Gasteiger partial charge < -0.3 is 54.6 Å². The number of H-pyrrole nitrogens is 1. The van der Waals surface area contributed by atoms with Crippen molar-refractivity contribution in [2.24, 2.45) is 40.9 Å². The Kier molecular flexibility index (Phi) is 10.5. The molecule has 1 aromatic heterocycles. The molecule has 10 rings (SSSR count). The Morgan fingerprint density at radius 1 is 1.05 bits per heavy atom. The molecule has 7 N–H and O–H groups in total. The summed E-state index contributed by atoms with van der Waals surface area (Å²) in [5, 5.41) is 75.4. The van der Waals surface area contributed by atoms with Gasteiger partial charge in [0.15, 0.2) is 16.8 Å². The van der Waals surface area contributed by atoms with Gasteiger partial charge in [-0.15, -0.1) is 5.92 Å². The summed E-state index contributed by atoms with van der Waals surface area (Å²) in [6.07, 6.45) is 10.9. The first-order valence-corrected chi connectivity index (χ1v) is 23.3. The van der Waals surface area contributed by atoms with Crippen molar-refractivity contribution in [1.82, 2.24) is 4.98 Å². The Bertz CT molecular complexity index is 2240. The number of esters is 1. The van der Waals surface area contributed by atoms with E-state index in [0.29, 0.717) is 49.4 Å². The molecule has 0 unspecified atom stereocenters. The largest absolute Gasteiger partial charge is 0.481 e. The molecule has 2 saturated heterocycles. The zero-order valence-corrected chi connectivity index (χ0v) is 35.9. The van der Waals surface area contributed by atoms with Gasteiger partial charge in [0.05, 0.1) is 37.5 Å². The molecule has 0 aromatic carbocycles. The first kappa shape index (κ1) is 42.5. The number of carboxylic acids is 1. The van der Waals surface area contributed by atoms with Crippen molar-refractivity contribution in [1.29, 1.82) is 0 Å². The van der Waals surface area contributed by atoms with E-state index < -0.39 is 95.0 Å². The molecule has 13 atom stereocenters. The van der Waals surface area contributed by atoms with Crippen LogP contribution >= 0.6 is 0 Å². The standard InChI is InChI=1S/C49H63NO12/c1-27(29-12-4-3-5-13-29)36-23-34-35-17-20-46(58)44(57)48(35)47(26-52)38(16-10-11-28(25-51)21-37(60-48)40(34)50-36)45(18-8-9-19-45)43(56)49(46,62-47)61-41-30-14-6-7-15-31(41)32(24-39(53)54)33(22-30)42(55)59-2/h7,15,22-23,27-32,38,41,43-44,50-52,56-58H,3-6,8-9,11-14,17-21,24-26H2,1-2H3,(H,53,54)/t27-,28+,30+,31-,32+,38-,41-,43-,44-,46-,47+,48+,49-/m1/s1. The number of methoxy groups -OCH3 is 1.